The first kappa shape index (κ1) is 16.6. The molecule has 0 radical (unpaired) electrons. The lowest BCUT2D eigenvalue weighted by Crippen LogP contribution is -2.53. The lowest BCUT2D eigenvalue weighted by atomic mass is 9.48. The van der Waals surface area contributed by atoms with E-state index < -0.39 is 6.10 Å². The van der Waals surface area contributed by atoms with Crippen molar-refractivity contribution in [1.82, 2.24) is 0 Å². The van der Waals surface area contributed by atoms with Gasteiger partial charge in [0.15, 0.2) is 23.4 Å². The highest BCUT2D eigenvalue weighted by Crippen LogP contribution is 2.60. The zero-order valence-corrected chi connectivity index (χ0v) is 16.2. The summed E-state index contributed by atoms with van der Waals surface area (Å²) in [4.78, 5) is 13.5. The van der Waals surface area contributed by atoms with Crippen molar-refractivity contribution in [2.75, 3.05) is 0 Å². The van der Waals surface area contributed by atoms with Crippen LogP contribution in [0.3, 0.4) is 0 Å². The van der Waals surface area contributed by atoms with Crippen LogP contribution in [0.1, 0.15) is 64.9 Å². The van der Waals surface area contributed by atoms with Crippen molar-refractivity contribution in [3.63, 3.8) is 0 Å². The molecule has 1 heterocycles. The van der Waals surface area contributed by atoms with Gasteiger partial charge in [0.1, 0.15) is 5.60 Å². The molecule has 4 aliphatic carbocycles. The first-order valence-corrected chi connectivity index (χ1v) is 10.4. The number of carbonyl (C=O) groups excluding carboxylic acids is 1. The molecule has 1 aliphatic heterocycles. The van der Waals surface area contributed by atoms with Gasteiger partial charge in [0.25, 0.3) is 0 Å². The van der Waals surface area contributed by atoms with Crippen LogP contribution in [0.5, 0.6) is 11.5 Å². The molecule has 26 heavy (non-hydrogen) atoms. The van der Waals surface area contributed by atoms with Crippen LogP contribution in [-0.2, 0) is 11.2 Å². The van der Waals surface area contributed by atoms with Crippen LogP contribution >= 0.6 is 0 Å². The first-order chi connectivity index (χ1) is 12.3. The van der Waals surface area contributed by atoms with Crippen LogP contribution in [0.15, 0.2) is 18.2 Å². The molecule has 4 saturated carbocycles. The Balaban J connectivity index is 1.37. The minimum absolute atomic E-state index is 0.105. The highest BCUT2D eigenvalue weighted by Gasteiger charge is 2.55. The van der Waals surface area contributed by atoms with E-state index in [0.29, 0.717) is 5.78 Å². The van der Waals surface area contributed by atoms with Crippen molar-refractivity contribution in [3.05, 3.63) is 23.8 Å². The second-order valence-corrected chi connectivity index (χ2v) is 10.1. The molecule has 1 atom stereocenters. The summed E-state index contributed by atoms with van der Waals surface area (Å²) in [6.45, 7) is 6.14. The molecule has 4 bridgehead atoms. The average molecular weight is 354 g/mol. The third-order valence-electron chi connectivity index (χ3n) is 7.29. The molecule has 0 saturated heterocycles. The molecule has 1 aromatic rings. The van der Waals surface area contributed by atoms with E-state index in [-0.39, 0.29) is 11.0 Å². The standard InChI is InChI=1S/C23H30O3/c1-14(25-19-6-4-5-18-13-22(2,3)26-20(18)19)21(24)23-10-15-7-16(11-23)9-17(8-15)12-23/h4-6,14-17H,7-13H2,1-3H3/t14-,15?,16?,17?,23?/m0/s1. The largest absolute Gasteiger partial charge is 0.483 e. The van der Waals surface area contributed by atoms with Gasteiger partial charge >= 0.3 is 0 Å². The number of benzene rings is 1. The van der Waals surface area contributed by atoms with Gasteiger partial charge in [-0.2, -0.15) is 0 Å². The van der Waals surface area contributed by atoms with Crippen LogP contribution in [0, 0.1) is 23.2 Å². The van der Waals surface area contributed by atoms with Gasteiger partial charge in [0, 0.05) is 17.4 Å². The number of carbonyl (C=O) groups is 1. The van der Waals surface area contributed by atoms with Crippen molar-refractivity contribution < 1.29 is 14.3 Å². The molecule has 0 unspecified atom stereocenters. The van der Waals surface area contributed by atoms with Gasteiger partial charge in [0.05, 0.1) is 0 Å². The Morgan fingerprint density at radius 2 is 1.73 bits per heavy atom. The predicted octanol–water partition coefficient (Wildman–Crippen LogP) is 4.95. The van der Waals surface area contributed by atoms with E-state index in [1.807, 2.05) is 19.1 Å². The van der Waals surface area contributed by atoms with E-state index in [1.54, 1.807) is 0 Å². The molecule has 3 nitrogen and oxygen atoms in total. The van der Waals surface area contributed by atoms with Crippen LogP contribution in [0.4, 0.5) is 0 Å². The fourth-order valence-electron chi connectivity index (χ4n) is 6.77. The number of hydrogen-bond acceptors (Lipinski definition) is 3. The minimum atomic E-state index is -0.398. The monoisotopic (exact) mass is 354 g/mol. The van der Waals surface area contributed by atoms with Crippen LogP contribution in [-0.4, -0.2) is 17.5 Å². The van der Waals surface area contributed by atoms with Crippen LogP contribution in [0.25, 0.3) is 0 Å². The van der Waals surface area contributed by atoms with E-state index in [0.717, 1.165) is 54.9 Å². The Morgan fingerprint density at radius 3 is 2.35 bits per heavy atom. The number of rotatable bonds is 4. The van der Waals surface area contributed by atoms with Gasteiger partial charge in [-0.1, -0.05) is 12.1 Å². The molecule has 3 heteroatoms. The van der Waals surface area contributed by atoms with Gasteiger partial charge in [0.2, 0.25) is 0 Å². The smallest absolute Gasteiger partial charge is 0.179 e. The van der Waals surface area contributed by atoms with Gasteiger partial charge in [-0.25, -0.2) is 0 Å². The first-order valence-electron chi connectivity index (χ1n) is 10.4. The molecule has 0 spiro atoms. The Hall–Kier alpha value is -1.51. The van der Waals surface area contributed by atoms with Crippen molar-refractivity contribution in [3.8, 4) is 11.5 Å². The molecule has 6 rings (SSSR count). The molecule has 0 aromatic heterocycles. The summed E-state index contributed by atoms with van der Waals surface area (Å²) in [5.41, 5.74) is 0.878. The fourth-order valence-corrected chi connectivity index (χ4v) is 6.77. The second-order valence-electron chi connectivity index (χ2n) is 10.1. The number of Topliss-reactive ketones (excluding diaryl/α,β-unsaturated/α-hetero) is 1. The lowest BCUT2D eigenvalue weighted by molar-refractivity contribution is -0.150. The summed E-state index contributed by atoms with van der Waals surface area (Å²) in [7, 11) is 0. The molecule has 5 aliphatic rings. The summed E-state index contributed by atoms with van der Waals surface area (Å²) in [5, 5.41) is 0. The Labute approximate surface area is 156 Å². The molecule has 0 amide bonds. The summed E-state index contributed by atoms with van der Waals surface area (Å²) in [6.07, 6.45) is 7.86. The van der Waals surface area contributed by atoms with E-state index in [1.165, 1.54) is 24.8 Å². The Bertz CT molecular complexity index is 713. The molecule has 140 valence electrons. The maximum absolute atomic E-state index is 13.5. The van der Waals surface area contributed by atoms with E-state index in [4.69, 9.17) is 9.47 Å². The van der Waals surface area contributed by atoms with Crippen LogP contribution < -0.4 is 9.47 Å². The number of para-hydroxylation sites is 1. The van der Waals surface area contributed by atoms with Gasteiger partial charge < -0.3 is 9.47 Å². The Kier molecular flexibility index (Phi) is 3.52. The Morgan fingerprint density at radius 1 is 1.12 bits per heavy atom. The number of ketones is 1. The van der Waals surface area contributed by atoms with E-state index >= 15 is 0 Å². The van der Waals surface area contributed by atoms with E-state index in [2.05, 4.69) is 19.9 Å². The maximum Gasteiger partial charge on any atom is 0.179 e. The summed E-state index contributed by atoms with van der Waals surface area (Å²) < 4.78 is 12.3. The predicted molar refractivity (Wildman–Crippen MR) is 101 cm³/mol. The highest BCUT2D eigenvalue weighted by atomic mass is 16.5. The van der Waals surface area contributed by atoms with E-state index in [9.17, 15) is 4.79 Å². The van der Waals surface area contributed by atoms with Crippen molar-refractivity contribution in [2.45, 2.75) is 77.4 Å². The SMILES string of the molecule is C[C@H](Oc1cccc2c1OC(C)(C)C2)C(=O)C12CC3CC(CC(C3)C1)C2. The normalized spacial score (nSPS) is 37.1. The summed E-state index contributed by atoms with van der Waals surface area (Å²) in [5.74, 6) is 4.25. The minimum Gasteiger partial charge on any atom is -0.483 e. The third-order valence-corrected chi connectivity index (χ3v) is 7.29. The molecule has 4 fully saturated rings. The topological polar surface area (TPSA) is 35.5 Å². The number of ether oxygens (including phenoxy) is 2. The summed E-state index contributed by atoms with van der Waals surface area (Å²) in [6, 6.07) is 6.06. The molecule has 0 N–H and O–H groups in total. The fraction of sp³-hybridized carbons (Fsp3) is 0.696. The van der Waals surface area contributed by atoms with Gasteiger partial charge in [-0.15, -0.1) is 0 Å². The van der Waals surface area contributed by atoms with Crippen molar-refractivity contribution in [2.24, 2.45) is 23.2 Å². The lowest BCUT2D eigenvalue weighted by Gasteiger charge is -2.56. The highest BCUT2D eigenvalue weighted by molar-refractivity contribution is 5.89. The van der Waals surface area contributed by atoms with Crippen molar-refractivity contribution in [1.29, 1.82) is 0 Å². The quantitative estimate of drug-likeness (QED) is 0.767. The number of hydrogen-bond donors (Lipinski definition) is 0. The zero-order valence-electron chi connectivity index (χ0n) is 16.2. The zero-order chi connectivity index (χ0) is 18.1. The van der Waals surface area contributed by atoms with Crippen molar-refractivity contribution >= 4 is 5.78 Å². The maximum atomic E-state index is 13.5. The third kappa shape index (κ3) is 2.58. The van der Waals surface area contributed by atoms with Crippen LogP contribution in [0.2, 0.25) is 0 Å². The summed E-state index contributed by atoms with van der Waals surface area (Å²) >= 11 is 0. The number of fused-ring (bicyclic) bond motifs is 1. The molecular formula is C23H30O3. The second kappa shape index (κ2) is 5.50. The van der Waals surface area contributed by atoms with Gasteiger partial charge in [-0.3, -0.25) is 4.79 Å². The van der Waals surface area contributed by atoms with Gasteiger partial charge in [-0.05, 0) is 83.1 Å². The average Bonchev–Trinajstić information content (AvgIpc) is 2.88. The molecule has 1 aromatic carbocycles. The molecular weight excluding hydrogens is 324 g/mol.